The molecule has 0 saturated heterocycles. The first-order valence-electron chi connectivity index (χ1n) is 4.01. The van der Waals surface area contributed by atoms with Crippen molar-refractivity contribution >= 4 is 22.6 Å². The van der Waals surface area contributed by atoms with E-state index in [9.17, 15) is 26.3 Å². The van der Waals surface area contributed by atoms with Crippen LogP contribution in [0.1, 0.15) is 11.3 Å². The van der Waals surface area contributed by atoms with Gasteiger partial charge in [-0.2, -0.15) is 13.2 Å². The van der Waals surface area contributed by atoms with Crippen LogP contribution in [0, 0.1) is 10.5 Å². The van der Waals surface area contributed by atoms with Crippen LogP contribution in [0.3, 0.4) is 0 Å². The lowest BCUT2D eigenvalue weighted by Crippen LogP contribution is -2.20. The minimum Gasteiger partial charge on any atom is -0.388 e. The van der Waals surface area contributed by atoms with Crippen molar-refractivity contribution in [3.63, 3.8) is 0 Å². The molecular weight excluding hydrogens is 367 g/mol. The number of halogens is 7. The van der Waals surface area contributed by atoms with Crippen molar-refractivity contribution in [1.82, 2.24) is 4.98 Å². The van der Waals surface area contributed by atoms with E-state index >= 15 is 0 Å². The van der Waals surface area contributed by atoms with E-state index in [1.807, 2.05) is 0 Å². The average Bonchev–Trinajstić information content (AvgIpc) is 2.06. The molecule has 17 heavy (non-hydrogen) atoms. The summed E-state index contributed by atoms with van der Waals surface area (Å²) >= 11 is 1.36. The number of hydrogen-bond donors (Lipinski definition) is 0. The second kappa shape index (κ2) is 4.50. The Balaban J connectivity index is 3.25. The smallest absolute Gasteiger partial charge is 0.388 e. The fraction of sp³-hybridized carbons (Fsp3) is 0.375. The second-order valence-corrected chi connectivity index (χ2v) is 4.06. The molecule has 0 fully saturated rings. The van der Waals surface area contributed by atoms with Crippen LogP contribution in [-0.4, -0.2) is 11.3 Å². The fourth-order valence-electron chi connectivity index (χ4n) is 0.986. The highest BCUT2D eigenvalue weighted by atomic mass is 127. The zero-order chi connectivity index (χ0) is 13.4. The Morgan fingerprint density at radius 2 is 1.71 bits per heavy atom. The van der Waals surface area contributed by atoms with Crippen LogP contribution in [-0.2, 0) is 6.18 Å². The summed E-state index contributed by atoms with van der Waals surface area (Å²) in [5.41, 5.74) is -1.38. The molecule has 0 bridgehead atoms. The summed E-state index contributed by atoms with van der Waals surface area (Å²) in [5.74, 6) is -1.12. The van der Waals surface area contributed by atoms with Gasteiger partial charge in [-0.05, 0) is 35.1 Å². The molecule has 0 spiro atoms. The summed E-state index contributed by atoms with van der Waals surface area (Å²) in [7, 11) is 0. The van der Waals surface area contributed by atoms with Gasteiger partial charge >= 0.3 is 12.5 Å². The lowest BCUT2D eigenvalue weighted by Gasteiger charge is -2.13. The molecule has 2 nitrogen and oxygen atoms in total. The number of hydrogen-bond acceptors (Lipinski definition) is 2. The number of pyridine rings is 1. The lowest BCUT2D eigenvalue weighted by atomic mass is 10.2. The van der Waals surface area contributed by atoms with Gasteiger partial charge in [0.25, 0.3) is 0 Å². The predicted octanol–water partition coefficient (Wildman–Crippen LogP) is 3.91. The van der Waals surface area contributed by atoms with Crippen LogP contribution in [0.4, 0.5) is 26.3 Å². The molecule has 0 atom stereocenters. The van der Waals surface area contributed by atoms with Crippen LogP contribution in [0.25, 0.3) is 0 Å². The van der Waals surface area contributed by atoms with Crippen molar-refractivity contribution in [1.29, 1.82) is 0 Å². The standard InChI is InChI=1S/C8H4F6INO/c1-3-2-4(17-8(12,13)14)16-6(5(3)15)7(9,10)11/h2H,1H3. The number of rotatable bonds is 1. The summed E-state index contributed by atoms with van der Waals surface area (Å²) in [5, 5.41) is 0. The van der Waals surface area contributed by atoms with E-state index in [0.29, 0.717) is 0 Å². The summed E-state index contributed by atoms with van der Waals surface area (Å²) in [6.07, 6.45) is -9.90. The summed E-state index contributed by atoms with van der Waals surface area (Å²) < 4.78 is 76.0. The molecule has 0 saturated carbocycles. The molecule has 1 aromatic rings. The monoisotopic (exact) mass is 371 g/mol. The number of ether oxygens (including phenoxy) is 1. The van der Waals surface area contributed by atoms with Crippen LogP contribution in [0.5, 0.6) is 5.88 Å². The van der Waals surface area contributed by atoms with Gasteiger partial charge in [0.15, 0.2) is 5.69 Å². The topological polar surface area (TPSA) is 22.1 Å². The van der Waals surface area contributed by atoms with Crippen molar-refractivity contribution in [2.75, 3.05) is 0 Å². The molecule has 0 aliphatic carbocycles. The van der Waals surface area contributed by atoms with E-state index in [1.54, 1.807) is 0 Å². The van der Waals surface area contributed by atoms with E-state index in [-0.39, 0.29) is 9.13 Å². The van der Waals surface area contributed by atoms with Crippen molar-refractivity contribution in [2.45, 2.75) is 19.5 Å². The highest BCUT2D eigenvalue weighted by Gasteiger charge is 2.38. The Morgan fingerprint density at radius 1 is 1.18 bits per heavy atom. The summed E-state index contributed by atoms with van der Waals surface area (Å²) in [6.45, 7) is 1.24. The Kier molecular flexibility index (Phi) is 3.79. The van der Waals surface area contributed by atoms with Gasteiger partial charge in [-0.25, -0.2) is 4.98 Å². The third-order valence-corrected chi connectivity index (χ3v) is 2.97. The number of nitrogens with zero attached hydrogens (tertiary/aromatic N) is 1. The van der Waals surface area contributed by atoms with E-state index < -0.39 is 24.1 Å². The van der Waals surface area contributed by atoms with Gasteiger partial charge in [0, 0.05) is 9.64 Å². The fourth-order valence-corrected chi connectivity index (χ4v) is 1.57. The molecule has 1 rings (SSSR count). The lowest BCUT2D eigenvalue weighted by molar-refractivity contribution is -0.276. The Bertz CT molecular complexity index is 427. The van der Waals surface area contributed by atoms with Gasteiger partial charge in [-0.15, -0.1) is 13.2 Å². The van der Waals surface area contributed by atoms with Gasteiger partial charge in [0.2, 0.25) is 5.88 Å². The molecule has 1 aromatic heterocycles. The zero-order valence-electron chi connectivity index (χ0n) is 8.08. The molecule has 0 amide bonds. The minimum absolute atomic E-state index is 0.00664. The molecule has 1 heterocycles. The molecule has 0 radical (unpaired) electrons. The van der Waals surface area contributed by atoms with Gasteiger partial charge in [0.1, 0.15) is 0 Å². The average molecular weight is 371 g/mol. The van der Waals surface area contributed by atoms with E-state index in [4.69, 9.17) is 0 Å². The maximum Gasteiger partial charge on any atom is 0.574 e. The number of alkyl halides is 6. The molecular formula is C8H4F6INO. The van der Waals surface area contributed by atoms with Gasteiger partial charge in [0.05, 0.1) is 0 Å². The largest absolute Gasteiger partial charge is 0.574 e. The second-order valence-electron chi connectivity index (χ2n) is 2.99. The van der Waals surface area contributed by atoms with E-state index in [0.717, 1.165) is 6.07 Å². The SMILES string of the molecule is Cc1cc(OC(F)(F)F)nc(C(F)(F)F)c1I. The predicted molar refractivity (Wildman–Crippen MR) is 53.4 cm³/mol. The quantitative estimate of drug-likeness (QED) is 0.552. The van der Waals surface area contributed by atoms with Crippen molar-refractivity contribution < 1.29 is 31.1 Å². The highest BCUT2D eigenvalue weighted by Crippen LogP contribution is 2.35. The number of aromatic nitrogens is 1. The van der Waals surface area contributed by atoms with E-state index in [1.165, 1.54) is 29.5 Å². The summed E-state index contributed by atoms with van der Waals surface area (Å²) in [4.78, 5) is 2.82. The molecule has 0 N–H and O–H groups in total. The first-order valence-corrected chi connectivity index (χ1v) is 5.08. The van der Waals surface area contributed by atoms with Crippen LogP contribution < -0.4 is 4.74 Å². The maximum absolute atomic E-state index is 12.4. The molecule has 9 heteroatoms. The Labute approximate surface area is 105 Å². The molecule has 96 valence electrons. The third kappa shape index (κ3) is 3.89. The van der Waals surface area contributed by atoms with Crippen molar-refractivity contribution in [2.24, 2.45) is 0 Å². The van der Waals surface area contributed by atoms with Crippen molar-refractivity contribution in [3.8, 4) is 5.88 Å². The highest BCUT2D eigenvalue weighted by molar-refractivity contribution is 14.1. The van der Waals surface area contributed by atoms with E-state index in [2.05, 4.69) is 9.72 Å². The first-order chi connectivity index (χ1) is 7.50. The molecule has 0 aliphatic rings. The minimum atomic E-state index is -5.07. The molecule has 0 aromatic carbocycles. The van der Waals surface area contributed by atoms with Gasteiger partial charge in [-0.3, -0.25) is 0 Å². The molecule has 0 aliphatic heterocycles. The zero-order valence-corrected chi connectivity index (χ0v) is 10.2. The van der Waals surface area contributed by atoms with Crippen LogP contribution >= 0.6 is 22.6 Å². The van der Waals surface area contributed by atoms with Gasteiger partial charge in [-0.1, -0.05) is 0 Å². The normalized spacial score (nSPS) is 12.7. The Morgan fingerprint density at radius 3 is 2.12 bits per heavy atom. The molecule has 0 unspecified atom stereocenters. The Hall–Kier alpha value is -0.740. The first kappa shape index (κ1) is 14.3. The maximum atomic E-state index is 12.4. The summed E-state index contributed by atoms with van der Waals surface area (Å²) in [6, 6.07) is 0.796. The van der Waals surface area contributed by atoms with Crippen LogP contribution in [0.15, 0.2) is 6.07 Å². The number of aryl methyl sites for hydroxylation is 1. The van der Waals surface area contributed by atoms with Crippen molar-refractivity contribution in [3.05, 3.63) is 20.9 Å². The third-order valence-electron chi connectivity index (χ3n) is 1.60. The van der Waals surface area contributed by atoms with Crippen LogP contribution in [0.2, 0.25) is 0 Å². The van der Waals surface area contributed by atoms with Gasteiger partial charge < -0.3 is 4.74 Å².